The van der Waals surface area contributed by atoms with Gasteiger partial charge in [0.25, 0.3) is 11.8 Å². The van der Waals surface area contributed by atoms with E-state index in [4.69, 9.17) is 0 Å². The van der Waals surface area contributed by atoms with Gasteiger partial charge in [-0.25, -0.2) is 4.99 Å². The lowest BCUT2D eigenvalue weighted by atomic mass is 10.1. The molecule has 0 saturated heterocycles. The molecule has 29 heavy (non-hydrogen) atoms. The highest BCUT2D eigenvalue weighted by Crippen LogP contribution is 2.37. The number of hydrogen-bond donors (Lipinski definition) is 1. The second kappa shape index (κ2) is 7.69. The van der Waals surface area contributed by atoms with E-state index < -0.39 is 23.7 Å². The molecular weight excluding hydrogens is 383 g/mol. The van der Waals surface area contributed by atoms with Crippen LogP contribution in [0.1, 0.15) is 28.4 Å². The van der Waals surface area contributed by atoms with E-state index in [-0.39, 0.29) is 17.9 Å². The van der Waals surface area contributed by atoms with Crippen LogP contribution >= 0.6 is 0 Å². The van der Waals surface area contributed by atoms with E-state index in [1.54, 1.807) is 19.1 Å². The molecule has 5 nitrogen and oxygen atoms in total. The first kappa shape index (κ1) is 20.6. The number of carbonyl (C=O) groups is 2. The lowest BCUT2D eigenvalue weighted by Gasteiger charge is -2.29. The summed E-state index contributed by atoms with van der Waals surface area (Å²) in [5, 5.41) is 1.84. The van der Waals surface area contributed by atoms with Crippen LogP contribution < -0.4 is 5.32 Å². The van der Waals surface area contributed by atoms with Crippen molar-refractivity contribution in [3.8, 4) is 0 Å². The van der Waals surface area contributed by atoms with Crippen LogP contribution in [0.4, 0.5) is 13.2 Å². The molecule has 2 amide bonds. The zero-order valence-corrected chi connectivity index (χ0v) is 16.0. The van der Waals surface area contributed by atoms with Crippen LogP contribution in [0.15, 0.2) is 59.6 Å². The molecule has 152 valence electrons. The molecular formula is C21H20F3N3O2. The van der Waals surface area contributed by atoms with Crippen molar-refractivity contribution < 1.29 is 22.8 Å². The summed E-state index contributed by atoms with van der Waals surface area (Å²) >= 11 is 0. The normalized spacial score (nSPS) is 19.3. The highest BCUT2D eigenvalue weighted by atomic mass is 19.4. The number of halogens is 3. The summed E-state index contributed by atoms with van der Waals surface area (Å²) in [6, 6.07) is 15.2. The van der Waals surface area contributed by atoms with Crippen molar-refractivity contribution in [1.82, 2.24) is 10.2 Å². The van der Waals surface area contributed by atoms with Crippen molar-refractivity contribution >= 4 is 17.6 Å². The Morgan fingerprint density at radius 3 is 2.41 bits per heavy atom. The Kier molecular flexibility index (Phi) is 5.46. The Hall–Kier alpha value is -3.16. The zero-order valence-electron chi connectivity index (χ0n) is 16.0. The Morgan fingerprint density at radius 2 is 1.79 bits per heavy atom. The molecule has 1 heterocycles. The number of rotatable bonds is 5. The van der Waals surface area contributed by atoms with Crippen LogP contribution in [0.2, 0.25) is 0 Å². The number of amidine groups is 1. The number of carbonyl (C=O) groups excluding carboxylic acids is 2. The number of alkyl halides is 3. The Labute approximate surface area is 166 Å². The summed E-state index contributed by atoms with van der Waals surface area (Å²) in [5.41, 5.74) is -1.71. The second-order valence-corrected chi connectivity index (χ2v) is 6.88. The molecule has 1 aliphatic heterocycles. The number of aliphatic imine (C=N–C) groups is 1. The third-order valence-corrected chi connectivity index (χ3v) is 4.73. The molecule has 0 fully saturated rings. The molecule has 1 N–H and O–H groups in total. The molecule has 1 atom stereocenters. The predicted molar refractivity (Wildman–Crippen MR) is 102 cm³/mol. The molecule has 2 aromatic rings. The first-order chi connectivity index (χ1) is 13.6. The highest BCUT2D eigenvalue weighted by molar-refractivity contribution is 6.10. The minimum Gasteiger partial charge on any atom is -0.312 e. The van der Waals surface area contributed by atoms with Crippen LogP contribution in [-0.2, 0) is 11.2 Å². The average Bonchev–Trinajstić information content (AvgIpc) is 2.91. The summed E-state index contributed by atoms with van der Waals surface area (Å²) in [4.78, 5) is 29.9. The number of aryl methyl sites for hydroxylation is 1. The first-order valence-corrected chi connectivity index (χ1v) is 9.02. The van der Waals surface area contributed by atoms with Crippen LogP contribution in [0, 0.1) is 6.92 Å². The van der Waals surface area contributed by atoms with Crippen LogP contribution in [0.3, 0.4) is 0 Å². The quantitative estimate of drug-likeness (QED) is 0.831. The molecule has 2 aromatic carbocycles. The van der Waals surface area contributed by atoms with E-state index in [1.165, 1.54) is 19.1 Å². The first-order valence-electron chi connectivity index (χ1n) is 9.02. The van der Waals surface area contributed by atoms with E-state index in [2.05, 4.69) is 4.99 Å². The zero-order chi connectivity index (χ0) is 21.2. The molecule has 0 aromatic heterocycles. The number of nitrogens with one attached hydrogen (secondary N) is 1. The molecule has 0 saturated carbocycles. The maximum absolute atomic E-state index is 14.0. The van der Waals surface area contributed by atoms with Gasteiger partial charge in [-0.2, -0.15) is 13.2 Å². The fourth-order valence-corrected chi connectivity index (χ4v) is 3.20. The van der Waals surface area contributed by atoms with Gasteiger partial charge in [-0.3, -0.25) is 14.5 Å². The van der Waals surface area contributed by atoms with Gasteiger partial charge in [0.1, 0.15) is 5.84 Å². The summed E-state index contributed by atoms with van der Waals surface area (Å²) in [6.07, 6.45) is -4.73. The van der Waals surface area contributed by atoms with E-state index in [9.17, 15) is 22.8 Å². The average molecular weight is 403 g/mol. The molecule has 0 radical (unpaired) electrons. The van der Waals surface area contributed by atoms with E-state index in [0.29, 0.717) is 12.0 Å². The molecule has 1 unspecified atom stereocenters. The van der Waals surface area contributed by atoms with E-state index in [1.807, 2.05) is 35.6 Å². The Balaban J connectivity index is 1.86. The smallest absolute Gasteiger partial charge is 0.312 e. The van der Waals surface area contributed by atoms with E-state index in [0.717, 1.165) is 10.5 Å². The van der Waals surface area contributed by atoms with Crippen molar-refractivity contribution in [1.29, 1.82) is 0 Å². The lowest BCUT2D eigenvalue weighted by Crippen LogP contribution is -2.63. The minimum absolute atomic E-state index is 0.0241. The van der Waals surface area contributed by atoms with Crippen molar-refractivity contribution in [2.75, 3.05) is 6.54 Å². The minimum atomic E-state index is -5.09. The van der Waals surface area contributed by atoms with Gasteiger partial charge in [0.15, 0.2) is 0 Å². The topological polar surface area (TPSA) is 61.8 Å². The third-order valence-electron chi connectivity index (χ3n) is 4.73. The SMILES string of the molecule is CC1=NC(NC(=O)c2cccc(C)c2)(C(F)(F)F)C(=O)N1CCc1ccccc1. The monoisotopic (exact) mass is 403 g/mol. The molecule has 0 aliphatic carbocycles. The van der Waals surface area contributed by atoms with Crippen LogP contribution in [0.5, 0.6) is 0 Å². The summed E-state index contributed by atoms with van der Waals surface area (Å²) in [5.74, 6) is -2.41. The van der Waals surface area contributed by atoms with Crippen molar-refractivity contribution in [2.24, 2.45) is 4.99 Å². The maximum atomic E-state index is 14.0. The second-order valence-electron chi connectivity index (χ2n) is 6.88. The van der Waals surface area contributed by atoms with Crippen molar-refractivity contribution in [3.05, 3.63) is 71.3 Å². The maximum Gasteiger partial charge on any atom is 0.442 e. The molecule has 1 aliphatic rings. The van der Waals surface area contributed by atoms with Gasteiger partial charge in [0, 0.05) is 12.1 Å². The van der Waals surface area contributed by atoms with Gasteiger partial charge in [-0.15, -0.1) is 0 Å². The molecule has 8 heteroatoms. The molecule has 3 rings (SSSR count). The molecule has 0 spiro atoms. The van der Waals surface area contributed by atoms with Gasteiger partial charge < -0.3 is 5.32 Å². The number of nitrogens with zero attached hydrogens (tertiary/aromatic N) is 2. The highest BCUT2D eigenvalue weighted by Gasteiger charge is 2.66. The standard InChI is InChI=1S/C21H20F3N3O2/c1-14-7-6-10-17(13-14)18(28)26-20(21(22,23)24)19(29)27(15(2)25-20)12-11-16-8-4-3-5-9-16/h3-10,13H,11-12H2,1-2H3,(H,26,28). The fraction of sp³-hybridized carbons (Fsp3) is 0.286. The Morgan fingerprint density at radius 1 is 1.10 bits per heavy atom. The van der Waals surface area contributed by atoms with Crippen LogP contribution in [0.25, 0.3) is 0 Å². The summed E-state index contributed by atoms with van der Waals surface area (Å²) in [7, 11) is 0. The summed E-state index contributed by atoms with van der Waals surface area (Å²) < 4.78 is 41.9. The fourth-order valence-electron chi connectivity index (χ4n) is 3.20. The van der Waals surface area contributed by atoms with E-state index >= 15 is 0 Å². The van der Waals surface area contributed by atoms with Gasteiger partial charge in [-0.05, 0) is 38.0 Å². The Bertz CT molecular complexity index is 957. The number of benzene rings is 2. The summed E-state index contributed by atoms with van der Waals surface area (Å²) in [6.45, 7) is 3.07. The lowest BCUT2D eigenvalue weighted by molar-refractivity contribution is -0.196. The van der Waals surface area contributed by atoms with Gasteiger partial charge in [-0.1, -0.05) is 48.0 Å². The third kappa shape index (κ3) is 4.01. The van der Waals surface area contributed by atoms with Crippen molar-refractivity contribution in [3.63, 3.8) is 0 Å². The number of hydrogen-bond acceptors (Lipinski definition) is 3. The number of amides is 2. The van der Waals surface area contributed by atoms with Gasteiger partial charge >= 0.3 is 11.8 Å². The predicted octanol–water partition coefficient (Wildman–Crippen LogP) is 3.49. The van der Waals surface area contributed by atoms with Gasteiger partial charge in [0.05, 0.1) is 0 Å². The van der Waals surface area contributed by atoms with Crippen LogP contribution in [-0.4, -0.2) is 40.9 Å². The molecule has 0 bridgehead atoms. The van der Waals surface area contributed by atoms with Crippen molar-refractivity contribution in [2.45, 2.75) is 32.1 Å². The largest absolute Gasteiger partial charge is 0.442 e. The van der Waals surface area contributed by atoms with Gasteiger partial charge in [0.2, 0.25) is 0 Å².